The number of carbonyl (C=O) groups excluding carboxylic acids is 1. The van der Waals surface area contributed by atoms with Crippen molar-refractivity contribution in [2.45, 2.75) is 26.4 Å². The average Bonchev–Trinajstić information content (AvgIpc) is 2.92. The maximum absolute atomic E-state index is 10.9. The van der Waals surface area contributed by atoms with E-state index in [-0.39, 0.29) is 23.6 Å². The molecule has 0 N–H and O–H groups in total. The maximum atomic E-state index is 10.9. The number of hydrogen-bond donors (Lipinski definition) is 0. The molecule has 0 radical (unpaired) electrons. The Labute approximate surface area is 119 Å². The van der Waals surface area contributed by atoms with Crippen molar-refractivity contribution in [2.75, 3.05) is 0 Å². The van der Waals surface area contributed by atoms with Gasteiger partial charge in [-0.25, -0.2) is 0 Å². The molecule has 0 fully saturated rings. The number of nitro benzene ring substituents is 1. The van der Waals surface area contributed by atoms with Gasteiger partial charge in [-0.2, -0.15) is 4.98 Å². The van der Waals surface area contributed by atoms with Crippen molar-refractivity contribution in [3.8, 4) is 5.75 Å². The Bertz CT molecular complexity index is 653. The molecule has 0 bridgehead atoms. The molecule has 0 atom stereocenters. The summed E-state index contributed by atoms with van der Waals surface area (Å²) in [6, 6.07) is 3.88. The second-order valence-corrected chi connectivity index (χ2v) is 4.25. The lowest BCUT2D eigenvalue weighted by Gasteiger charge is -2.04. The standard InChI is InChI=1S/C13H13N3O5/c1-2-3-13-14-12(15-21-13)8-20-11-6-9(7-17)4-5-10(11)16(18)19/h4-7H,2-3,8H2,1H3. The van der Waals surface area contributed by atoms with Crippen LogP contribution in [0.2, 0.25) is 0 Å². The first-order chi connectivity index (χ1) is 10.1. The van der Waals surface area contributed by atoms with Crippen LogP contribution < -0.4 is 4.74 Å². The molecular weight excluding hydrogens is 278 g/mol. The Morgan fingerprint density at radius 3 is 2.95 bits per heavy atom. The van der Waals surface area contributed by atoms with E-state index in [4.69, 9.17) is 9.26 Å². The number of aromatic nitrogens is 2. The molecule has 0 aliphatic carbocycles. The van der Waals surface area contributed by atoms with E-state index in [1.807, 2.05) is 6.92 Å². The molecular formula is C13H13N3O5. The first-order valence-corrected chi connectivity index (χ1v) is 6.32. The first kappa shape index (κ1) is 14.6. The van der Waals surface area contributed by atoms with E-state index in [0.29, 0.717) is 24.4 Å². The first-order valence-electron chi connectivity index (χ1n) is 6.32. The number of aldehydes is 1. The lowest BCUT2D eigenvalue weighted by molar-refractivity contribution is -0.386. The smallest absolute Gasteiger partial charge is 0.310 e. The van der Waals surface area contributed by atoms with Gasteiger partial charge in [-0.3, -0.25) is 14.9 Å². The van der Waals surface area contributed by atoms with Crippen molar-refractivity contribution in [1.82, 2.24) is 10.1 Å². The molecule has 21 heavy (non-hydrogen) atoms. The summed E-state index contributed by atoms with van der Waals surface area (Å²) in [6.45, 7) is 1.91. The maximum Gasteiger partial charge on any atom is 0.310 e. The van der Waals surface area contributed by atoms with Crippen LogP contribution in [0.4, 0.5) is 5.69 Å². The predicted molar refractivity (Wildman–Crippen MR) is 71.1 cm³/mol. The summed E-state index contributed by atoms with van der Waals surface area (Å²) >= 11 is 0. The largest absolute Gasteiger partial charge is 0.478 e. The third-order valence-electron chi connectivity index (χ3n) is 2.65. The van der Waals surface area contributed by atoms with Gasteiger partial charge in [-0.1, -0.05) is 12.1 Å². The highest BCUT2D eigenvalue weighted by atomic mass is 16.6. The molecule has 1 aromatic heterocycles. The summed E-state index contributed by atoms with van der Waals surface area (Å²) in [6.07, 6.45) is 2.12. The van der Waals surface area contributed by atoms with Gasteiger partial charge in [-0.05, 0) is 18.6 Å². The molecule has 0 aliphatic rings. The second kappa shape index (κ2) is 6.60. The van der Waals surface area contributed by atoms with Crippen LogP contribution in [0.3, 0.4) is 0 Å². The number of aryl methyl sites for hydroxylation is 1. The number of benzene rings is 1. The molecule has 0 spiro atoms. The molecule has 2 rings (SSSR count). The fourth-order valence-corrected chi connectivity index (χ4v) is 1.68. The fourth-order valence-electron chi connectivity index (χ4n) is 1.68. The lowest BCUT2D eigenvalue weighted by Crippen LogP contribution is -2.01. The third-order valence-corrected chi connectivity index (χ3v) is 2.65. The van der Waals surface area contributed by atoms with Crippen LogP contribution in [0.15, 0.2) is 22.7 Å². The molecule has 0 saturated carbocycles. The quantitative estimate of drug-likeness (QED) is 0.437. The SMILES string of the molecule is CCCc1nc(COc2cc(C=O)ccc2[N+](=O)[O-])no1. The molecule has 0 aliphatic heterocycles. The second-order valence-electron chi connectivity index (χ2n) is 4.25. The summed E-state index contributed by atoms with van der Waals surface area (Å²) < 4.78 is 10.3. The zero-order valence-electron chi connectivity index (χ0n) is 11.3. The minimum absolute atomic E-state index is 0.00792. The van der Waals surface area contributed by atoms with E-state index in [0.717, 1.165) is 6.42 Å². The van der Waals surface area contributed by atoms with Crippen LogP contribution >= 0.6 is 0 Å². The number of rotatable bonds is 7. The van der Waals surface area contributed by atoms with Crippen LogP contribution in [0.25, 0.3) is 0 Å². The summed E-state index contributed by atoms with van der Waals surface area (Å²) in [5, 5.41) is 14.6. The van der Waals surface area contributed by atoms with Crippen LogP contribution in [-0.4, -0.2) is 21.4 Å². The number of hydrogen-bond acceptors (Lipinski definition) is 7. The predicted octanol–water partition coefficient (Wildman–Crippen LogP) is 2.32. The van der Waals surface area contributed by atoms with Gasteiger partial charge in [-0.15, -0.1) is 0 Å². The zero-order valence-corrected chi connectivity index (χ0v) is 11.3. The van der Waals surface area contributed by atoms with E-state index in [2.05, 4.69) is 10.1 Å². The van der Waals surface area contributed by atoms with E-state index in [1.165, 1.54) is 18.2 Å². The monoisotopic (exact) mass is 291 g/mol. The normalized spacial score (nSPS) is 10.3. The molecule has 0 amide bonds. The van der Waals surface area contributed by atoms with Crippen molar-refractivity contribution in [1.29, 1.82) is 0 Å². The molecule has 2 aromatic rings. The van der Waals surface area contributed by atoms with Gasteiger partial charge in [0, 0.05) is 18.1 Å². The Hall–Kier alpha value is -2.77. The molecule has 1 aromatic carbocycles. The third kappa shape index (κ3) is 3.62. The fraction of sp³-hybridized carbons (Fsp3) is 0.308. The van der Waals surface area contributed by atoms with Crippen molar-refractivity contribution in [2.24, 2.45) is 0 Å². The molecule has 0 saturated heterocycles. The lowest BCUT2D eigenvalue weighted by atomic mass is 10.2. The van der Waals surface area contributed by atoms with Crippen LogP contribution in [0.5, 0.6) is 5.75 Å². The Kier molecular flexibility index (Phi) is 4.60. The van der Waals surface area contributed by atoms with Gasteiger partial charge < -0.3 is 9.26 Å². The average molecular weight is 291 g/mol. The summed E-state index contributed by atoms with van der Waals surface area (Å²) in [4.78, 5) is 25.1. The minimum atomic E-state index is -0.581. The Balaban J connectivity index is 2.13. The van der Waals surface area contributed by atoms with Crippen molar-refractivity contribution >= 4 is 12.0 Å². The van der Waals surface area contributed by atoms with Gasteiger partial charge in [0.15, 0.2) is 12.4 Å². The minimum Gasteiger partial charge on any atom is -0.478 e. The van der Waals surface area contributed by atoms with E-state index >= 15 is 0 Å². The summed E-state index contributed by atoms with van der Waals surface area (Å²) in [5.74, 6) is 0.780. The summed E-state index contributed by atoms with van der Waals surface area (Å²) in [7, 11) is 0. The number of carbonyl (C=O) groups is 1. The number of ether oxygens (including phenoxy) is 1. The van der Waals surface area contributed by atoms with E-state index in [9.17, 15) is 14.9 Å². The highest BCUT2D eigenvalue weighted by molar-refractivity contribution is 5.76. The molecule has 8 nitrogen and oxygen atoms in total. The Morgan fingerprint density at radius 1 is 1.48 bits per heavy atom. The van der Waals surface area contributed by atoms with Crippen molar-refractivity contribution in [3.63, 3.8) is 0 Å². The van der Waals surface area contributed by atoms with Crippen molar-refractivity contribution in [3.05, 3.63) is 45.6 Å². The number of nitro groups is 1. The molecule has 1 heterocycles. The zero-order chi connectivity index (χ0) is 15.2. The van der Waals surface area contributed by atoms with Crippen LogP contribution in [0.1, 0.15) is 35.4 Å². The van der Waals surface area contributed by atoms with Crippen molar-refractivity contribution < 1.29 is 19.0 Å². The van der Waals surface area contributed by atoms with Crippen LogP contribution in [-0.2, 0) is 13.0 Å². The highest BCUT2D eigenvalue weighted by Crippen LogP contribution is 2.28. The molecule has 0 unspecified atom stereocenters. The number of nitrogens with zero attached hydrogens (tertiary/aromatic N) is 3. The van der Waals surface area contributed by atoms with E-state index < -0.39 is 4.92 Å². The van der Waals surface area contributed by atoms with E-state index in [1.54, 1.807) is 0 Å². The highest BCUT2D eigenvalue weighted by Gasteiger charge is 2.16. The van der Waals surface area contributed by atoms with Gasteiger partial charge >= 0.3 is 5.69 Å². The van der Waals surface area contributed by atoms with Gasteiger partial charge in [0.2, 0.25) is 11.7 Å². The van der Waals surface area contributed by atoms with Gasteiger partial charge in [0.05, 0.1) is 4.92 Å². The topological polar surface area (TPSA) is 108 Å². The Morgan fingerprint density at radius 2 is 2.29 bits per heavy atom. The summed E-state index contributed by atoms with van der Waals surface area (Å²) in [5.41, 5.74) is 0.0632. The molecule has 8 heteroatoms. The van der Waals surface area contributed by atoms with Gasteiger partial charge in [0.1, 0.15) is 6.29 Å². The van der Waals surface area contributed by atoms with Crippen LogP contribution in [0, 0.1) is 10.1 Å². The molecule has 110 valence electrons. The van der Waals surface area contributed by atoms with Gasteiger partial charge in [0.25, 0.3) is 0 Å².